The Hall–Kier alpha value is -2.65. The molecule has 0 aliphatic carbocycles. The van der Waals surface area contributed by atoms with Gasteiger partial charge in [0.25, 0.3) is 0 Å². The van der Waals surface area contributed by atoms with Crippen LogP contribution in [0.3, 0.4) is 0 Å². The van der Waals surface area contributed by atoms with Crippen molar-refractivity contribution >= 4 is 17.3 Å². The van der Waals surface area contributed by atoms with Gasteiger partial charge < -0.3 is 10.6 Å². The van der Waals surface area contributed by atoms with Crippen molar-refractivity contribution in [3.8, 4) is 0 Å². The monoisotopic (exact) mass is 376 g/mol. The Bertz CT molecular complexity index is 749. The molecule has 3 heteroatoms. The van der Waals surface area contributed by atoms with Gasteiger partial charge in [0.1, 0.15) is 0 Å². The molecule has 0 amide bonds. The van der Waals surface area contributed by atoms with E-state index in [1.165, 1.54) is 16.7 Å². The van der Waals surface area contributed by atoms with E-state index in [9.17, 15) is 0 Å². The minimum absolute atomic E-state index is 0.0189. The smallest absolute Gasteiger partial charge is 0.167 e. The maximum absolute atomic E-state index is 5.58. The van der Waals surface area contributed by atoms with Crippen molar-refractivity contribution in [3.63, 3.8) is 0 Å². The lowest BCUT2D eigenvalue weighted by molar-refractivity contribution is 0.673. The van der Waals surface area contributed by atoms with Crippen molar-refractivity contribution < 1.29 is 0 Å². The Kier molecular flexibility index (Phi) is 8.53. The summed E-state index contributed by atoms with van der Waals surface area (Å²) in [5.74, 6) is 0. The van der Waals surface area contributed by atoms with Gasteiger partial charge in [-0.05, 0) is 35.8 Å². The Labute approximate surface area is 168 Å². The summed E-state index contributed by atoms with van der Waals surface area (Å²) in [4.78, 5) is 0. The van der Waals surface area contributed by atoms with Gasteiger partial charge in [-0.15, -0.1) is 0 Å². The summed E-state index contributed by atoms with van der Waals surface area (Å²) in [5.41, 5.74) is 3.58. The van der Waals surface area contributed by atoms with E-state index in [2.05, 4.69) is 78.2 Å². The zero-order chi connectivity index (χ0) is 19.5. The van der Waals surface area contributed by atoms with Crippen molar-refractivity contribution in [1.82, 2.24) is 10.6 Å². The number of thiocarbonyl (C=S) groups is 1. The molecule has 0 saturated heterocycles. The predicted molar refractivity (Wildman–Crippen MR) is 120 cm³/mol. The number of nitrogens with one attached hydrogen (secondary N) is 2. The van der Waals surface area contributed by atoms with Crippen LogP contribution in [0.2, 0.25) is 0 Å². The van der Waals surface area contributed by atoms with E-state index >= 15 is 0 Å². The van der Waals surface area contributed by atoms with Gasteiger partial charge in [0.2, 0.25) is 0 Å². The molecule has 0 spiro atoms. The third-order valence-corrected chi connectivity index (χ3v) is 4.42. The SMILES string of the molecule is CC.CC(NC(=S)NC(c1ccccc1)c1ccccc1)c1ccccc1. The molecule has 3 aromatic rings. The molecule has 0 bridgehead atoms. The summed E-state index contributed by atoms with van der Waals surface area (Å²) in [5, 5.41) is 7.50. The van der Waals surface area contributed by atoms with Gasteiger partial charge >= 0.3 is 0 Å². The second kappa shape index (κ2) is 11.1. The van der Waals surface area contributed by atoms with Gasteiger partial charge in [-0.3, -0.25) is 0 Å². The number of benzene rings is 3. The zero-order valence-electron chi connectivity index (χ0n) is 16.2. The average Bonchev–Trinajstić information content (AvgIpc) is 2.75. The van der Waals surface area contributed by atoms with Crippen molar-refractivity contribution in [2.24, 2.45) is 0 Å². The molecule has 0 aliphatic heterocycles. The van der Waals surface area contributed by atoms with Crippen LogP contribution in [-0.4, -0.2) is 5.11 Å². The number of hydrogen-bond donors (Lipinski definition) is 2. The quantitative estimate of drug-likeness (QED) is 0.532. The van der Waals surface area contributed by atoms with Crippen LogP contribution in [0.4, 0.5) is 0 Å². The maximum Gasteiger partial charge on any atom is 0.167 e. The molecule has 0 heterocycles. The van der Waals surface area contributed by atoms with Crippen LogP contribution in [0, 0.1) is 0 Å². The van der Waals surface area contributed by atoms with Crippen LogP contribution >= 0.6 is 12.2 Å². The molecule has 0 radical (unpaired) electrons. The Morgan fingerprint density at radius 2 is 1.00 bits per heavy atom. The molecule has 3 rings (SSSR count). The van der Waals surface area contributed by atoms with Gasteiger partial charge in [0.05, 0.1) is 12.1 Å². The first-order valence-electron chi connectivity index (χ1n) is 9.46. The summed E-state index contributed by atoms with van der Waals surface area (Å²) in [6, 6.07) is 31.2. The van der Waals surface area contributed by atoms with Gasteiger partial charge in [-0.1, -0.05) is 105 Å². The molecule has 0 saturated carbocycles. The molecule has 1 atom stereocenters. The molecule has 2 nitrogen and oxygen atoms in total. The molecule has 3 aromatic carbocycles. The Morgan fingerprint density at radius 1 is 0.630 bits per heavy atom. The van der Waals surface area contributed by atoms with Crippen molar-refractivity contribution in [2.75, 3.05) is 0 Å². The third-order valence-electron chi connectivity index (χ3n) is 4.19. The van der Waals surface area contributed by atoms with Crippen LogP contribution in [0.25, 0.3) is 0 Å². The van der Waals surface area contributed by atoms with Crippen LogP contribution in [0.5, 0.6) is 0 Å². The fourth-order valence-electron chi connectivity index (χ4n) is 2.84. The fraction of sp³-hybridized carbons (Fsp3) is 0.208. The molecule has 27 heavy (non-hydrogen) atoms. The Morgan fingerprint density at radius 3 is 1.41 bits per heavy atom. The molecular formula is C24H28N2S. The summed E-state index contributed by atoms with van der Waals surface area (Å²) >= 11 is 5.58. The molecule has 0 fully saturated rings. The van der Waals surface area contributed by atoms with E-state index in [1.807, 2.05) is 44.2 Å². The predicted octanol–water partition coefficient (Wildman–Crippen LogP) is 6.03. The van der Waals surface area contributed by atoms with E-state index in [0.29, 0.717) is 5.11 Å². The second-order valence-corrected chi connectivity index (χ2v) is 6.41. The first-order valence-corrected chi connectivity index (χ1v) is 9.87. The lowest BCUT2D eigenvalue weighted by atomic mass is 9.99. The van der Waals surface area contributed by atoms with Crippen LogP contribution in [-0.2, 0) is 0 Å². The summed E-state index contributed by atoms with van der Waals surface area (Å²) in [6.07, 6.45) is 0. The van der Waals surface area contributed by atoms with Crippen LogP contribution < -0.4 is 10.6 Å². The van der Waals surface area contributed by atoms with Crippen molar-refractivity contribution in [3.05, 3.63) is 108 Å². The van der Waals surface area contributed by atoms with E-state index in [0.717, 1.165) is 0 Å². The highest BCUT2D eigenvalue weighted by atomic mass is 32.1. The molecule has 140 valence electrons. The molecule has 0 aromatic heterocycles. The number of hydrogen-bond acceptors (Lipinski definition) is 1. The summed E-state index contributed by atoms with van der Waals surface area (Å²) in [6.45, 7) is 6.11. The van der Waals surface area contributed by atoms with Gasteiger partial charge in [-0.25, -0.2) is 0 Å². The Balaban J connectivity index is 0.00000126. The van der Waals surface area contributed by atoms with E-state index in [4.69, 9.17) is 12.2 Å². The average molecular weight is 377 g/mol. The molecule has 2 N–H and O–H groups in total. The van der Waals surface area contributed by atoms with E-state index < -0.39 is 0 Å². The second-order valence-electron chi connectivity index (χ2n) is 6.00. The topological polar surface area (TPSA) is 24.1 Å². The van der Waals surface area contributed by atoms with Crippen LogP contribution in [0.15, 0.2) is 91.0 Å². The lowest BCUT2D eigenvalue weighted by Gasteiger charge is -2.24. The lowest BCUT2D eigenvalue weighted by Crippen LogP contribution is -2.39. The highest BCUT2D eigenvalue weighted by Gasteiger charge is 2.16. The fourth-order valence-corrected chi connectivity index (χ4v) is 3.14. The summed E-state index contributed by atoms with van der Waals surface area (Å²) < 4.78 is 0. The van der Waals surface area contributed by atoms with Gasteiger partial charge in [-0.2, -0.15) is 0 Å². The standard InChI is InChI=1S/C22H22N2S.C2H6/c1-17(18-11-5-2-6-12-18)23-22(25)24-21(19-13-7-3-8-14-19)20-15-9-4-10-16-20;1-2/h2-17,21H,1H3,(H2,23,24,25);1-2H3. The molecular weight excluding hydrogens is 348 g/mol. The highest BCUT2D eigenvalue weighted by Crippen LogP contribution is 2.22. The van der Waals surface area contributed by atoms with Crippen molar-refractivity contribution in [2.45, 2.75) is 32.9 Å². The first kappa shape index (κ1) is 20.7. The first-order chi connectivity index (χ1) is 13.2. The normalized spacial score (nSPS) is 11.1. The maximum atomic E-state index is 5.58. The largest absolute Gasteiger partial charge is 0.356 e. The van der Waals surface area contributed by atoms with Gasteiger partial charge in [0.15, 0.2) is 5.11 Å². The molecule has 0 aliphatic rings. The molecule has 1 unspecified atom stereocenters. The number of rotatable bonds is 5. The van der Waals surface area contributed by atoms with E-state index in [1.54, 1.807) is 0 Å². The van der Waals surface area contributed by atoms with E-state index in [-0.39, 0.29) is 12.1 Å². The van der Waals surface area contributed by atoms with Gasteiger partial charge in [0, 0.05) is 0 Å². The van der Waals surface area contributed by atoms with Crippen molar-refractivity contribution in [1.29, 1.82) is 0 Å². The highest BCUT2D eigenvalue weighted by molar-refractivity contribution is 7.80. The summed E-state index contributed by atoms with van der Waals surface area (Å²) in [7, 11) is 0. The zero-order valence-corrected chi connectivity index (χ0v) is 17.0. The minimum Gasteiger partial charge on any atom is -0.356 e. The minimum atomic E-state index is 0.0189. The third kappa shape index (κ3) is 6.22. The van der Waals surface area contributed by atoms with Crippen LogP contribution in [0.1, 0.15) is 49.5 Å².